The van der Waals surface area contributed by atoms with Gasteiger partial charge in [-0.05, 0) is 110 Å². The molecule has 4 atom stereocenters. The Morgan fingerprint density at radius 3 is 2.73 bits per heavy atom. The average Bonchev–Trinajstić information content (AvgIpc) is 2.99. The number of carbonyl (C=O) groups is 1. The van der Waals surface area contributed by atoms with Crippen LogP contribution in [0.4, 0.5) is 0 Å². The Bertz CT molecular complexity index is 914. The Balaban J connectivity index is 1.73. The Morgan fingerprint density at radius 1 is 1.30 bits per heavy atom. The predicted octanol–water partition coefficient (Wildman–Crippen LogP) is 4.80. The molecule has 1 aromatic carbocycles. The molecule has 1 aromatic rings. The van der Waals surface area contributed by atoms with Gasteiger partial charge in [0.25, 0.3) is 5.91 Å². The van der Waals surface area contributed by atoms with Crippen molar-refractivity contribution in [2.45, 2.75) is 71.8 Å². The lowest BCUT2D eigenvalue weighted by Crippen LogP contribution is -2.40. The number of rotatable bonds is 3. The summed E-state index contributed by atoms with van der Waals surface area (Å²) in [6.45, 7) is 8.56. The quantitative estimate of drug-likeness (QED) is 0.630. The van der Waals surface area contributed by atoms with Crippen LogP contribution in [0, 0.1) is 17.3 Å². The van der Waals surface area contributed by atoms with E-state index < -0.39 is 0 Å². The first kappa shape index (κ1) is 21.0. The summed E-state index contributed by atoms with van der Waals surface area (Å²) < 4.78 is 0. The first-order chi connectivity index (χ1) is 14.3. The number of nitrogens with one attached hydrogen (secondary N) is 2. The molecule has 0 bridgehead atoms. The molecule has 2 saturated carbocycles. The van der Waals surface area contributed by atoms with E-state index >= 15 is 0 Å². The number of hydrogen-bond donors (Lipinski definition) is 3. The van der Waals surface area contributed by atoms with Crippen LogP contribution in [0.2, 0.25) is 0 Å². The molecular weight excluding hydrogens is 372 g/mol. The van der Waals surface area contributed by atoms with Crippen molar-refractivity contribution in [3.05, 3.63) is 52.2 Å². The van der Waals surface area contributed by atoms with E-state index in [2.05, 4.69) is 36.6 Å². The highest BCUT2D eigenvalue weighted by Crippen LogP contribution is 2.64. The standard InChI is InChI=1S/C26H36N2O2/c1-6-22-21(24(27-5)25(30)28-15(2)3)14-23-20-9-7-16-13-17(29)8-10-18(16)19(20)11-12-26(22,23)4/h6,8,10,13,15,19-20,23,27,29H,7,9,11-12,14H2,1-5H3,(H,28,30)/b22-6-,24-21-. The first-order valence-corrected chi connectivity index (χ1v) is 11.5. The number of amides is 1. The molecule has 4 heteroatoms. The summed E-state index contributed by atoms with van der Waals surface area (Å²) in [5.74, 6) is 2.12. The average molecular weight is 409 g/mol. The molecule has 3 aliphatic carbocycles. The molecule has 0 aliphatic heterocycles. The molecule has 1 amide bonds. The number of aryl methyl sites for hydroxylation is 1. The normalized spacial score (nSPS) is 33.0. The van der Waals surface area contributed by atoms with Crippen LogP contribution in [0.15, 0.2) is 41.1 Å². The van der Waals surface area contributed by atoms with Gasteiger partial charge in [-0.2, -0.15) is 0 Å². The number of fused-ring (bicyclic) bond motifs is 5. The summed E-state index contributed by atoms with van der Waals surface area (Å²) in [6.07, 6.45) is 7.74. The second-order valence-electron chi connectivity index (χ2n) is 9.89. The van der Waals surface area contributed by atoms with Crippen LogP contribution in [-0.4, -0.2) is 24.1 Å². The van der Waals surface area contributed by atoms with E-state index in [4.69, 9.17) is 0 Å². The molecule has 30 heavy (non-hydrogen) atoms. The molecule has 3 aliphatic rings. The van der Waals surface area contributed by atoms with Gasteiger partial charge in [-0.15, -0.1) is 0 Å². The van der Waals surface area contributed by atoms with Gasteiger partial charge in [0.05, 0.1) is 0 Å². The van der Waals surface area contributed by atoms with Gasteiger partial charge in [-0.3, -0.25) is 4.79 Å². The van der Waals surface area contributed by atoms with Crippen LogP contribution >= 0.6 is 0 Å². The number of aromatic hydroxyl groups is 1. The van der Waals surface area contributed by atoms with Gasteiger partial charge < -0.3 is 15.7 Å². The smallest absolute Gasteiger partial charge is 0.267 e. The molecule has 0 heterocycles. The van der Waals surface area contributed by atoms with Gasteiger partial charge in [-0.1, -0.05) is 19.1 Å². The Kier molecular flexibility index (Phi) is 5.46. The molecule has 4 rings (SSSR count). The number of likely N-dealkylation sites (N-methyl/N-ethyl adjacent to an activating group) is 1. The minimum Gasteiger partial charge on any atom is -0.508 e. The maximum absolute atomic E-state index is 12.9. The van der Waals surface area contributed by atoms with Gasteiger partial charge in [-0.25, -0.2) is 0 Å². The highest BCUT2D eigenvalue weighted by atomic mass is 16.3. The zero-order valence-electron chi connectivity index (χ0n) is 19.0. The summed E-state index contributed by atoms with van der Waals surface area (Å²) in [4.78, 5) is 12.9. The fourth-order valence-electron chi connectivity index (χ4n) is 6.75. The van der Waals surface area contributed by atoms with Gasteiger partial charge in [0.15, 0.2) is 0 Å². The number of phenols is 1. The van der Waals surface area contributed by atoms with Crippen LogP contribution in [0.5, 0.6) is 5.75 Å². The lowest BCUT2D eigenvalue weighted by atomic mass is 9.55. The van der Waals surface area contributed by atoms with E-state index in [1.165, 1.54) is 35.1 Å². The van der Waals surface area contributed by atoms with Crippen molar-refractivity contribution in [2.75, 3.05) is 7.05 Å². The molecule has 0 spiro atoms. The van der Waals surface area contributed by atoms with Crippen molar-refractivity contribution < 1.29 is 9.90 Å². The van der Waals surface area contributed by atoms with Gasteiger partial charge in [0.1, 0.15) is 11.4 Å². The molecule has 0 aromatic heterocycles. The van der Waals surface area contributed by atoms with Gasteiger partial charge >= 0.3 is 0 Å². The summed E-state index contributed by atoms with van der Waals surface area (Å²) in [5, 5.41) is 16.2. The highest BCUT2D eigenvalue weighted by molar-refractivity contribution is 5.94. The summed E-state index contributed by atoms with van der Waals surface area (Å²) >= 11 is 0. The van der Waals surface area contributed by atoms with E-state index in [1.54, 1.807) is 0 Å². The molecule has 0 saturated heterocycles. The van der Waals surface area contributed by atoms with E-state index in [0.29, 0.717) is 23.5 Å². The number of hydrogen-bond acceptors (Lipinski definition) is 3. The Labute approximate surface area is 180 Å². The summed E-state index contributed by atoms with van der Waals surface area (Å²) in [7, 11) is 1.87. The highest BCUT2D eigenvalue weighted by Gasteiger charge is 2.54. The second-order valence-corrected chi connectivity index (χ2v) is 9.89. The van der Waals surface area contributed by atoms with Crippen molar-refractivity contribution in [2.24, 2.45) is 17.3 Å². The lowest BCUT2D eigenvalue weighted by molar-refractivity contribution is -0.118. The van der Waals surface area contributed by atoms with Crippen LogP contribution in [-0.2, 0) is 11.2 Å². The van der Waals surface area contributed by atoms with Crippen LogP contribution in [0.25, 0.3) is 0 Å². The van der Waals surface area contributed by atoms with Gasteiger partial charge in [0.2, 0.25) is 0 Å². The first-order valence-electron chi connectivity index (χ1n) is 11.5. The fraction of sp³-hybridized carbons (Fsp3) is 0.577. The summed E-state index contributed by atoms with van der Waals surface area (Å²) in [5.41, 5.74) is 6.21. The maximum atomic E-state index is 12.9. The number of allylic oxidation sites excluding steroid dienone is 3. The van der Waals surface area contributed by atoms with Gasteiger partial charge in [0, 0.05) is 13.1 Å². The third kappa shape index (κ3) is 3.25. The van der Waals surface area contributed by atoms with Crippen molar-refractivity contribution in [3.63, 3.8) is 0 Å². The number of carbonyl (C=O) groups excluding carboxylic acids is 1. The van der Waals surface area contributed by atoms with E-state index in [1.807, 2.05) is 33.0 Å². The van der Waals surface area contributed by atoms with E-state index in [9.17, 15) is 9.90 Å². The molecular formula is C26H36N2O2. The molecule has 0 radical (unpaired) electrons. The largest absolute Gasteiger partial charge is 0.508 e. The number of phenolic OH excluding ortho intramolecular Hbond substituents is 1. The zero-order valence-corrected chi connectivity index (χ0v) is 19.0. The second kappa shape index (κ2) is 7.79. The summed E-state index contributed by atoms with van der Waals surface area (Å²) in [6, 6.07) is 6.08. The molecule has 3 N–H and O–H groups in total. The van der Waals surface area contributed by atoms with Crippen LogP contribution < -0.4 is 10.6 Å². The molecule has 162 valence electrons. The van der Waals surface area contributed by atoms with Crippen molar-refractivity contribution >= 4 is 5.91 Å². The van der Waals surface area contributed by atoms with E-state index in [0.717, 1.165) is 25.0 Å². The Morgan fingerprint density at radius 2 is 2.07 bits per heavy atom. The van der Waals surface area contributed by atoms with Crippen LogP contribution in [0.1, 0.15) is 70.4 Å². The fourth-order valence-corrected chi connectivity index (χ4v) is 6.75. The third-order valence-corrected chi connectivity index (χ3v) is 7.95. The predicted molar refractivity (Wildman–Crippen MR) is 121 cm³/mol. The minimum absolute atomic E-state index is 0.00473. The maximum Gasteiger partial charge on any atom is 0.267 e. The topological polar surface area (TPSA) is 61.4 Å². The molecule has 2 fully saturated rings. The zero-order chi connectivity index (χ0) is 21.6. The molecule has 4 nitrogen and oxygen atoms in total. The molecule has 4 unspecified atom stereocenters. The SMILES string of the molecule is C/C=C1/C(=C(\NC)C(=O)NC(C)C)CC2C3CCc4cc(O)ccc4C3CCC12C. The van der Waals surface area contributed by atoms with E-state index in [-0.39, 0.29) is 17.4 Å². The van der Waals surface area contributed by atoms with Crippen LogP contribution in [0.3, 0.4) is 0 Å². The number of benzene rings is 1. The van der Waals surface area contributed by atoms with Crippen molar-refractivity contribution in [1.82, 2.24) is 10.6 Å². The monoisotopic (exact) mass is 408 g/mol. The third-order valence-electron chi connectivity index (χ3n) is 7.95. The minimum atomic E-state index is 0.00473. The lowest BCUT2D eigenvalue weighted by Gasteiger charge is -2.49. The Hall–Kier alpha value is -2.23. The van der Waals surface area contributed by atoms with Crippen molar-refractivity contribution in [3.8, 4) is 5.75 Å². The van der Waals surface area contributed by atoms with Crippen molar-refractivity contribution in [1.29, 1.82) is 0 Å².